The monoisotopic (exact) mass is 252 g/mol. The summed E-state index contributed by atoms with van der Waals surface area (Å²) in [6, 6.07) is 0. The van der Waals surface area contributed by atoms with Gasteiger partial charge in [-0.05, 0) is 6.92 Å². The Labute approximate surface area is 83.1 Å². The van der Waals surface area contributed by atoms with Crippen molar-refractivity contribution in [2.24, 2.45) is 0 Å². The molecular weight excluding hydrogens is 243 g/mol. The minimum atomic E-state index is -4.37. The molecule has 0 radical (unpaired) electrons. The third-order valence-corrected chi connectivity index (χ3v) is 3.04. The molecule has 0 N–H and O–H groups in total. The highest BCUT2D eigenvalue weighted by Gasteiger charge is 2.46. The van der Waals surface area contributed by atoms with Crippen LogP contribution in [-0.2, 0) is 18.1 Å². The number of halogens is 4. The quantitative estimate of drug-likeness (QED) is 0.569. The largest absolute Gasteiger partial charge is 0.475 e. The normalized spacial score (nSPS) is 32.5. The van der Waals surface area contributed by atoms with Crippen molar-refractivity contribution in [2.75, 3.05) is 13.2 Å². The van der Waals surface area contributed by atoms with Crippen LogP contribution in [-0.4, -0.2) is 31.7 Å². The second kappa shape index (κ2) is 4.37. The number of hydrogen-bond donors (Lipinski definition) is 0. The summed E-state index contributed by atoms with van der Waals surface area (Å²) < 4.78 is 72.4. The molecule has 9 heteroatoms. The zero-order chi connectivity index (χ0) is 11.7. The molecule has 0 saturated carbocycles. The molecule has 1 aliphatic rings. The summed E-state index contributed by atoms with van der Waals surface area (Å²) in [5.41, 5.74) is 0. The van der Waals surface area contributed by atoms with Gasteiger partial charge in [0.05, 0.1) is 12.7 Å². The molecule has 0 aromatic heterocycles. The van der Waals surface area contributed by atoms with Crippen molar-refractivity contribution in [3.63, 3.8) is 0 Å². The van der Waals surface area contributed by atoms with Gasteiger partial charge in [0, 0.05) is 0 Å². The number of rotatable bonds is 4. The molecule has 1 aliphatic heterocycles. The van der Waals surface area contributed by atoms with Crippen LogP contribution in [0.5, 0.6) is 0 Å². The minimum absolute atomic E-state index is 0.0858. The highest BCUT2D eigenvalue weighted by atomic mass is 31.2. The molecule has 1 fully saturated rings. The third kappa shape index (κ3) is 3.41. The molecule has 1 heterocycles. The number of hydrogen-bond acceptors (Lipinski definition) is 4. The Morgan fingerprint density at radius 3 is 2.60 bits per heavy atom. The van der Waals surface area contributed by atoms with Gasteiger partial charge in [0.1, 0.15) is 6.61 Å². The maximum absolute atomic E-state index is 12.4. The molecule has 4 nitrogen and oxygen atoms in total. The van der Waals surface area contributed by atoms with Gasteiger partial charge in [-0.2, -0.15) is 8.78 Å². The van der Waals surface area contributed by atoms with Crippen LogP contribution < -0.4 is 0 Å². The fourth-order valence-corrected chi connectivity index (χ4v) is 2.19. The standard InChI is InChI=1S/C6H9F4O4P/c1-4-2-12-15(11,14-4)13-3-6(9,10)5(7)8/h4-5H,2-3H2,1H3. The molecule has 0 aliphatic carbocycles. The highest BCUT2D eigenvalue weighted by Crippen LogP contribution is 2.55. The first-order chi connectivity index (χ1) is 6.75. The van der Waals surface area contributed by atoms with E-state index in [-0.39, 0.29) is 6.61 Å². The lowest BCUT2D eigenvalue weighted by molar-refractivity contribution is -0.151. The summed E-state index contributed by atoms with van der Waals surface area (Å²) in [6.45, 7) is -0.305. The second-order valence-corrected chi connectivity index (χ2v) is 4.62. The first kappa shape index (κ1) is 12.9. The van der Waals surface area contributed by atoms with E-state index in [9.17, 15) is 22.1 Å². The first-order valence-corrected chi connectivity index (χ1v) is 5.45. The SMILES string of the molecule is CC1COP(=O)(OCC(F)(F)C(F)F)O1. The van der Waals surface area contributed by atoms with E-state index in [0.717, 1.165) is 0 Å². The molecule has 2 atom stereocenters. The van der Waals surface area contributed by atoms with E-state index < -0.39 is 32.9 Å². The lowest BCUT2D eigenvalue weighted by atomic mass is 10.4. The Morgan fingerprint density at radius 2 is 2.20 bits per heavy atom. The number of phosphoric acid groups is 1. The van der Waals surface area contributed by atoms with Crippen molar-refractivity contribution < 1.29 is 35.7 Å². The highest BCUT2D eigenvalue weighted by molar-refractivity contribution is 7.48. The molecule has 0 aromatic carbocycles. The summed E-state index contributed by atoms with van der Waals surface area (Å²) in [4.78, 5) is 0. The Balaban J connectivity index is 2.47. The summed E-state index contributed by atoms with van der Waals surface area (Å²) in [5.74, 6) is -4.37. The molecule has 1 rings (SSSR count). The molecule has 0 amide bonds. The Morgan fingerprint density at radius 1 is 1.60 bits per heavy atom. The van der Waals surface area contributed by atoms with Crippen molar-refractivity contribution >= 4 is 7.82 Å². The fourth-order valence-electron chi connectivity index (χ4n) is 0.773. The van der Waals surface area contributed by atoms with Crippen molar-refractivity contribution in [2.45, 2.75) is 25.4 Å². The first-order valence-electron chi connectivity index (χ1n) is 3.99. The van der Waals surface area contributed by atoms with Gasteiger partial charge in [-0.3, -0.25) is 13.6 Å². The van der Waals surface area contributed by atoms with Gasteiger partial charge in [-0.15, -0.1) is 0 Å². The lowest BCUT2D eigenvalue weighted by Gasteiger charge is -2.17. The van der Waals surface area contributed by atoms with E-state index in [1.54, 1.807) is 0 Å². The van der Waals surface area contributed by atoms with E-state index in [1.165, 1.54) is 6.92 Å². The fraction of sp³-hybridized carbons (Fsp3) is 1.00. The lowest BCUT2D eigenvalue weighted by Crippen LogP contribution is -2.31. The van der Waals surface area contributed by atoms with Crippen LogP contribution in [0.3, 0.4) is 0 Å². The Bertz CT molecular complexity index is 272. The summed E-state index contributed by atoms with van der Waals surface area (Å²) in [5, 5.41) is 0. The van der Waals surface area contributed by atoms with Crippen molar-refractivity contribution in [1.29, 1.82) is 0 Å². The van der Waals surface area contributed by atoms with Crippen LogP contribution in [0.2, 0.25) is 0 Å². The summed E-state index contributed by atoms with van der Waals surface area (Å²) in [7, 11) is -4.08. The summed E-state index contributed by atoms with van der Waals surface area (Å²) in [6.07, 6.45) is -4.46. The van der Waals surface area contributed by atoms with Gasteiger partial charge < -0.3 is 0 Å². The minimum Gasteiger partial charge on any atom is -0.284 e. The van der Waals surface area contributed by atoms with Gasteiger partial charge in [0.2, 0.25) is 0 Å². The Hall–Kier alpha value is -0.170. The summed E-state index contributed by atoms with van der Waals surface area (Å²) >= 11 is 0. The van der Waals surface area contributed by atoms with Crippen LogP contribution in [0.4, 0.5) is 17.6 Å². The topological polar surface area (TPSA) is 44.8 Å². The molecule has 1 saturated heterocycles. The third-order valence-electron chi connectivity index (χ3n) is 1.51. The van der Waals surface area contributed by atoms with E-state index in [0.29, 0.717) is 0 Å². The molecule has 0 spiro atoms. The molecule has 2 unspecified atom stereocenters. The smallest absolute Gasteiger partial charge is 0.284 e. The van der Waals surface area contributed by atoms with Crippen LogP contribution in [0.1, 0.15) is 6.92 Å². The van der Waals surface area contributed by atoms with Gasteiger partial charge >= 0.3 is 20.2 Å². The molecular formula is C6H9F4O4P. The van der Waals surface area contributed by atoms with Crippen LogP contribution in [0.15, 0.2) is 0 Å². The zero-order valence-electron chi connectivity index (χ0n) is 7.66. The predicted molar refractivity (Wildman–Crippen MR) is 41.0 cm³/mol. The molecule has 0 bridgehead atoms. The van der Waals surface area contributed by atoms with Crippen LogP contribution in [0.25, 0.3) is 0 Å². The van der Waals surface area contributed by atoms with Gasteiger partial charge in [-0.1, -0.05) is 0 Å². The molecule has 15 heavy (non-hydrogen) atoms. The average Bonchev–Trinajstić information content (AvgIpc) is 2.44. The van der Waals surface area contributed by atoms with Crippen molar-refractivity contribution in [1.82, 2.24) is 0 Å². The second-order valence-electron chi connectivity index (χ2n) is 2.99. The van der Waals surface area contributed by atoms with E-state index in [4.69, 9.17) is 0 Å². The van der Waals surface area contributed by atoms with Gasteiger partial charge in [0.25, 0.3) is 0 Å². The van der Waals surface area contributed by atoms with Crippen molar-refractivity contribution in [3.05, 3.63) is 0 Å². The number of phosphoric ester groups is 1. The predicted octanol–water partition coefficient (Wildman–Crippen LogP) is 2.45. The van der Waals surface area contributed by atoms with Crippen LogP contribution in [0, 0.1) is 0 Å². The van der Waals surface area contributed by atoms with E-state index in [1.807, 2.05) is 0 Å². The maximum atomic E-state index is 12.4. The van der Waals surface area contributed by atoms with E-state index in [2.05, 4.69) is 13.6 Å². The van der Waals surface area contributed by atoms with E-state index >= 15 is 0 Å². The number of alkyl halides is 4. The Kier molecular flexibility index (Phi) is 3.76. The molecule has 0 aromatic rings. The average molecular weight is 252 g/mol. The van der Waals surface area contributed by atoms with Crippen molar-refractivity contribution in [3.8, 4) is 0 Å². The molecule has 90 valence electrons. The van der Waals surface area contributed by atoms with Gasteiger partial charge in [0.15, 0.2) is 0 Å². The zero-order valence-corrected chi connectivity index (χ0v) is 8.56. The maximum Gasteiger partial charge on any atom is 0.475 e. The van der Waals surface area contributed by atoms with Crippen LogP contribution >= 0.6 is 7.82 Å². The van der Waals surface area contributed by atoms with Gasteiger partial charge in [-0.25, -0.2) is 13.3 Å².